The molecule has 0 atom stereocenters. The third kappa shape index (κ3) is 3.67. The van der Waals surface area contributed by atoms with Gasteiger partial charge in [-0.1, -0.05) is 13.0 Å². The second-order valence-corrected chi connectivity index (χ2v) is 8.61. The van der Waals surface area contributed by atoms with Crippen molar-refractivity contribution in [2.75, 3.05) is 13.6 Å². The van der Waals surface area contributed by atoms with Crippen molar-refractivity contribution in [3.63, 3.8) is 0 Å². The van der Waals surface area contributed by atoms with Crippen molar-refractivity contribution in [3.8, 4) is 0 Å². The van der Waals surface area contributed by atoms with Gasteiger partial charge in [0.2, 0.25) is 0 Å². The van der Waals surface area contributed by atoms with Crippen molar-refractivity contribution < 1.29 is 8.42 Å². The summed E-state index contributed by atoms with van der Waals surface area (Å²) in [6.07, 6.45) is 0. The predicted molar refractivity (Wildman–Crippen MR) is 84.7 cm³/mol. The lowest BCUT2D eigenvalue weighted by Crippen LogP contribution is -2.25. The lowest BCUT2D eigenvalue weighted by atomic mass is 10.3. The zero-order valence-corrected chi connectivity index (χ0v) is 13.9. The monoisotopic (exact) mass is 330 g/mol. The first-order valence-electron chi connectivity index (χ1n) is 6.31. The summed E-state index contributed by atoms with van der Waals surface area (Å²) in [5, 5.41) is 7.05. The molecule has 0 bridgehead atoms. The molecule has 110 valence electrons. The van der Waals surface area contributed by atoms with Crippen molar-refractivity contribution in [3.05, 3.63) is 39.4 Å². The van der Waals surface area contributed by atoms with Crippen LogP contribution in [0.5, 0.6) is 0 Å². The number of hydrogen-bond donors (Lipinski definition) is 1. The summed E-state index contributed by atoms with van der Waals surface area (Å²) in [6.45, 7) is 4.02. The maximum absolute atomic E-state index is 12.5. The zero-order valence-electron chi connectivity index (χ0n) is 11.5. The summed E-state index contributed by atoms with van der Waals surface area (Å²) in [6, 6.07) is 5.63. The van der Waals surface area contributed by atoms with E-state index >= 15 is 0 Å². The van der Waals surface area contributed by atoms with Crippen LogP contribution >= 0.6 is 22.7 Å². The molecule has 2 heterocycles. The molecule has 0 aliphatic carbocycles. The van der Waals surface area contributed by atoms with Crippen LogP contribution in [0.15, 0.2) is 33.2 Å². The largest absolute Gasteiger partial charge is 0.313 e. The minimum atomic E-state index is -3.39. The summed E-state index contributed by atoms with van der Waals surface area (Å²) in [4.78, 5) is 1.04. The van der Waals surface area contributed by atoms with Crippen molar-refractivity contribution in [1.29, 1.82) is 0 Å². The molecule has 0 spiro atoms. The van der Waals surface area contributed by atoms with Crippen LogP contribution in [0.4, 0.5) is 0 Å². The third-order valence-electron chi connectivity index (χ3n) is 2.83. The third-order valence-corrected chi connectivity index (χ3v) is 6.96. The highest BCUT2D eigenvalue weighted by atomic mass is 32.2. The van der Waals surface area contributed by atoms with Crippen LogP contribution in [0.1, 0.15) is 17.4 Å². The molecule has 20 heavy (non-hydrogen) atoms. The van der Waals surface area contributed by atoms with E-state index in [2.05, 4.69) is 5.32 Å². The van der Waals surface area contributed by atoms with Crippen LogP contribution in [-0.2, 0) is 23.1 Å². The van der Waals surface area contributed by atoms with Crippen LogP contribution in [0.2, 0.25) is 0 Å². The van der Waals surface area contributed by atoms with Crippen molar-refractivity contribution in [2.24, 2.45) is 0 Å². The number of sulfonamides is 1. The molecular weight excluding hydrogens is 312 g/mol. The lowest BCUT2D eigenvalue weighted by Gasteiger charge is -2.14. The Balaban J connectivity index is 2.10. The smallest absolute Gasteiger partial charge is 0.252 e. The number of rotatable bonds is 7. The van der Waals surface area contributed by atoms with Gasteiger partial charge in [-0.3, -0.25) is 0 Å². The first-order valence-corrected chi connectivity index (χ1v) is 9.51. The summed E-state index contributed by atoms with van der Waals surface area (Å²) in [5.41, 5.74) is 1.01. The molecule has 0 unspecified atom stereocenters. The quantitative estimate of drug-likeness (QED) is 0.849. The molecule has 0 aliphatic heterocycles. The topological polar surface area (TPSA) is 49.4 Å². The summed E-state index contributed by atoms with van der Waals surface area (Å²) in [5.74, 6) is 0. The highest BCUT2D eigenvalue weighted by Crippen LogP contribution is 2.25. The van der Waals surface area contributed by atoms with Gasteiger partial charge in [0, 0.05) is 25.0 Å². The molecule has 0 fully saturated rings. The Morgan fingerprint density at radius 1 is 1.35 bits per heavy atom. The van der Waals surface area contributed by atoms with E-state index in [1.807, 2.05) is 29.8 Å². The van der Waals surface area contributed by atoms with Gasteiger partial charge in [0.1, 0.15) is 4.21 Å². The Labute approximate surface area is 128 Å². The Morgan fingerprint density at radius 2 is 2.15 bits per heavy atom. The summed E-state index contributed by atoms with van der Waals surface area (Å²) < 4.78 is 26.7. The summed E-state index contributed by atoms with van der Waals surface area (Å²) >= 11 is 2.85. The van der Waals surface area contributed by atoms with Gasteiger partial charge in [-0.25, -0.2) is 8.42 Å². The van der Waals surface area contributed by atoms with E-state index in [4.69, 9.17) is 0 Å². The van der Waals surface area contributed by atoms with E-state index < -0.39 is 10.0 Å². The molecular formula is C13H18N2O2S3. The molecule has 0 radical (unpaired) electrons. The van der Waals surface area contributed by atoms with Crippen LogP contribution in [-0.4, -0.2) is 26.3 Å². The first kappa shape index (κ1) is 15.7. The van der Waals surface area contributed by atoms with Gasteiger partial charge in [-0.2, -0.15) is 4.31 Å². The SMILES string of the molecule is CCNCc1csc(S(=O)(=O)N(C)Cc2cccs2)c1. The van der Waals surface area contributed by atoms with Crippen LogP contribution in [0.3, 0.4) is 0 Å². The standard InChI is InChI=1S/C13H18N2O2S3/c1-3-14-8-11-7-13(19-10-11)20(16,17)15(2)9-12-5-4-6-18-12/h4-7,10,14H,3,8-9H2,1-2H3. The second-order valence-electron chi connectivity index (χ2n) is 4.39. The fraction of sp³-hybridized carbons (Fsp3) is 0.385. The van der Waals surface area contributed by atoms with Crippen molar-refractivity contribution in [1.82, 2.24) is 9.62 Å². The van der Waals surface area contributed by atoms with Crippen LogP contribution in [0.25, 0.3) is 0 Å². The predicted octanol–water partition coefficient (Wildman–Crippen LogP) is 2.74. The van der Waals surface area contributed by atoms with Gasteiger partial charge >= 0.3 is 0 Å². The molecule has 2 rings (SSSR count). The summed E-state index contributed by atoms with van der Waals surface area (Å²) in [7, 11) is -1.76. The fourth-order valence-corrected chi connectivity index (χ4v) is 5.12. The molecule has 2 aromatic heterocycles. The molecule has 7 heteroatoms. The second kappa shape index (κ2) is 6.82. The Hall–Kier alpha value is -0.730. The van der Waals surface area contributed by atoms with Gasteiger partial charge in [-0.15, -0.1) is 22.7 Å². The van der Waals surface area contributed by atoms with E-state index in [9.17, 15) is 8.42 Å². The number of nitrogens with one attached hydrogen (secondary N) is 1. The Morgan fingerprint density at radius 3 is 2.80 bits per heavy atom. The van der Waals surface area contributed by atoms with Crippen LogP contribution < -0.4 is 5.32 Å². The van der Waals surface area contributed by atoms with Gasteiger partial charge < -0.3 is 5.32 Å². The van der Waals surface area contributed by atoms with Gasteiger partial charge in [0.05, 0.1) is 0 Å². The Bertz CT molecular complexity index is 632. The molecule has 0 amide bonds. The molecule has 4 nitrogen and oxygen atoms in total. The van der Waals surface area contributed by atoms with E-state index in [0.717, 1.165) is 17.0 Å². The van der Waals surface area contributed by atoms with Gasteiger partial charge in [0.15, 0.2) is 0 Å². The lowest BCUT2D eigenvalue weighted by molar-refractivity contribution is 0.471. The Kier molecular flexibility index (Phi) is 5.34. The molecule has 0 aromatic carbocycles. The molecule has 0 aliphatic rings. The molecule has 0 saturated heterocycles. The van der Waals surface area contributed by atoms with E-state index in [1.54, 1.807) is 24.5 Å². The first-order chi connectivity index (χ1) is 9.54. The van der Waals surface area contributed by atoms with Gasteiger partial charge in [-0.05, 0) is 35.0 Å². The fourth-order valence-electron chi connectivity index (χ4n) is 1.71. The minimum Gasteiger partial charge on any atom is -0.313 e. The average Bonchev–Trinajstić information content (AvgIpc) is 3.07. The molecule has 1 N–H and O–H groups in total. The number of thiophene rings is 2. The number of hydrogen-bond acceptors (Lipinski definition) is 5. The maximum Gasteiger partial charge on any atom is 0.252 e. The van der Waals surface area contributed by atoms with Gasteiger partial charge in [0.25, 0.3) is 10.0 Å². The van der Waals surface area contributed by atoms with E-state index in [-0.39, 0.29) is 0 Å². The zero-order chi connectivity index (χ0) is 14.6. The van der Waals surface area contributed by atoms with E-state index in [1.165, 1.54) is 15.6 Å². The highest BCUT2D eigenvalue weighted by Gasteiger charge is 2.23. The van der Waals surface area contributed by atoms with Crippen molar-refractivity contribution >= 4 is 32.7 Å². The normalized spacial score (nSPS) is 12.2. The van der Waals surface area contributed by atoms with Crippen molar-refractivity contribution in [2.45, 2.75) is 24.2 Å². The number of nitrogens with zero attached hydrogens (tertiary/aromatic N) is 1. The minimum absolute atomic E-state index is 0.407. The van der Waals surface area contributed by atoms with E-state index in [0.29, 0.717) is 17.3 Å². The highest BCUT2D eigenvalue weighted by molar-refractivity contribution is 7.91. The van der Waals surface area contributed by atoms with Crippen LogP contribution in [0, 0.1) is 0 Å². The molecule has 2 aromatic rings. The maximum atomic E-state index is 12.5. The molecule has 0 saturated carbocycles. The average molecular weight is 330 g/mol.